The Morgan fingerprint density at radius 2 is 0.769 bits per heavy atom. The maximum atomic E-state index is 4.95. The quantitative estimate of drug-likeness (QED) is 0.364. The largest absolute Gasteiger partial charge is 0.245 e. The zero-order valence-corrected chi connectivity index (χ0v) is 14.1. The van der Waals surface area contributed by atoms with Gasteiger partial charge in [0.1, 0.15) is 0 Å². The first-order valence-corrected chi connectivity index (χ1v) is 8.70. The molecular formula is C24H16N2. The predicted molar refractivity (Wildman–Crippen MR) is 108 cm³/mol. The van der Waals surface area contributed by atoms with Gasteiger partial charge in [0.05, 0.1) is 22.4 Å². The lowest BCUT2D eigenvalue weighted by Crippen LogP contribution is -1.90. The standard InChI is InChI=1S/C24H16N2/c1-3-7-17(8-4-1)21-15-13-19-11-12-20-14-16-22(18-9-5-2-6-10-18)26-24(20)23(19)25-21/h1-16H. The Balaban J connectivity index is 1.77. The van der Waals surface area contributed by atoms with Gasteiger partial charge in [0.15, 0.2) is 0 Å². The van der Waals surface area contributed by atoms with Crippen LogP contribution in [0.4, 0.5) is 0 Å². The van der Waals surface area contributed by atoms with Crippen molar-refractivity contribution in [2.45, 2.75) is 0 Å². The highest BCUT2D eigenvalue weighted by atomic mass is 14.8. The minimum atomic E-state index is 0.946. The fraction of sp³-hybridized carbons (Fsp3) is 0. The topological polar surface area (TPSA) is 25.8 Å². The second-order valence-corrected chi connectivity index (χ2v) is 6.33. The summed E-state index contributed by atoms with van der Waals surface area (Å²) in [5, 5.41) is 2.21. The molecule has 3 aromatic carbocycles. The Kier molecular flexibility index (Phi) is 3.46. The molecule has 0 amide bonds. The molecule has 0 aliphatic heterocycles. The van der Waals surface area contributed by atoms with Crippen LogP contribution < -0.4 is 0 Å². The van der Waals surface area contributed by atoms with Crippen molar-refractivity contribution >= 4 is 21.8 Å². The average molecular weight is 332 g/mol. The maximum Gasteiger partial charge on any atom is 0.0972 e. The molecule has 2 nitrogen and oxygen atoms in total. The minimum absolute atomic E-state index is 0.946. The molecule has 0 unspecified atom stereocenters. The molecular weight excluding hydrogens is 316 g/mol. The van der Waals surface area contributed by atoms with E-state index in [2.05, 4.69) is 60.7 Å². The molecule has 0 bridgehead atoms. The fourth-order valence-electron chi connectivity index (χ4n) is 3.31. The number of nitrogens with zero attached hydrogens (tertiary/aromatic N) is 2. The second-order valence-electron chi connectivity index (χ2n) is 6.33. The van der Waals surface area contributed by atoms with Gasteiger partial charge in [0.25, 0.3) is 0 Å². The summed E-state index contributed by atoms with van der Waals surface area (Å²) in [4.78, 5) is 9.89. The smallest absolute Gasteiger partial charge is 0.0972 e. The van der Waals surface area contributed by atoms with Crippen LogP contribution in [0.15, 0.2) is 97.1 Å². The van der Waals surface area contributed by atoms with Crippen molar-refractivity contribution in [3.63, 3.8) is 0 Å². The van der Waals surface area contributed by atoms with Gasteiger partial charge in [-0.05, 0) is 12.1 Å². The normalized spacial score (nSPS) is 11.1. The molecule has 26 heavy (non-hydrogen) atoms. The molecule has 0 saturated heterocycles. The number of fused-ring (bicyclic) bond motifs is 3. The van der Waals surface area contributed by atoms with E-state index in [1.807, 2.05) is 36.4 Å². The van der Waals surface area contributed by atoms with Crippen molar-refractivity contribution in [3.05, 3.63) is 97.1 Å². The monoisotopic (exact) mass is 332 g/mol. The van der Waals surface area contributed by atoms with E-state index in [0.717, 1.165) is 44.3 Å². The molecule has 0 spiro atoms. The van der Waals surface area contributed by atoms with Crippen LogP contribution in [0.2, 0.25) is 0 Å². The number of rotatable bonds is 2. The first kappa shape index (κ1) is 14.8. The van der Waals surface area contributed by atoms with Gasteiger partial charge in [-0.1, -0.05) is 84.9 Å². The third-order valence-corrected chi connectivity index (χ3v) is 4.66. The van der Waals surface area contributed by atoms with Gasteiger partial charge in [-0.25, -0.2) is 9.97 Å². The van der Waals surface area contributed by atoms with Gasteiger partial charge >= 0.3 is 0 Å². The summed E-state index contributed by atoms with van der Waals surface area (Å²) in [7, 11) is 0. The van der Waals surface area contributed by atoms with Crippen LogP contribution in [-0.2, 0) is 0 Å². The van der Waals surface area contributed by atoms with E-state index in [1.165, 1.54) is 0 Å². The van der Waals surface area contributed by atoms with Crippen LogP contribution in [0.5, 0.6) is 0 Å². The third kappa shape index (κ3) is 2.52. The van der Waals surface area contributed by atoms with Crippen LogP contribution >= 0.6 is 0 Å². The molecule has 2 heteroatoms. The summed E-state index contributed by atoms with van der Waals surface area (Å²) >= 11 is 0. The fourth-order valence-corrected chi connectivity index (χ4v) is 3.31. The first-order valence-electron chi connectivity index (χ1n) is 8.70. The van der Waals surface area contributed by atoms with E-state index in [4.69, 9.17) is 9.97 Å². The van der Waals surface area contributed by atoms with E-state index < -0.39 is 0 Å². The van der Waals surface area contributed by atoms with E-state index in [1.54, 1.807) is 0 Å². The Hall–Kier alpha value is -3.52. The molecule has 0 aliphatic rings. The first-order chi connectivity index (χ1) is 12.9. The maximum absolute atomic E-state index is 4.95. The molecule has 0 atom stereocenters. The Bertz CT molecular complexity index is 1110. The Labute approximate surface area is 151 Å². The van der Waals surface area contributed by atoms with E-state index in [-0.39, 0.29) is 0 Å². The van der Waals surface area contributed by atoms with Gasteiger partial charge in [-0.2, -0.15) is 0 Å². The SMILES string of the molecule is c1ccc(-c2ccc3ccc4ccc(-c5ccccc5)nc4c3n2)cc1. The molecule has 0 aliphatic carbocycles. The van der Waals surface area contributed by atoms with E-state index in [0.29, 0.717) is 0 Å². The lowest BCUT2D eigenvalue weighted by molar-refractivity contribution is 1.36. The second kappa shape index (κ2) is 6.08. The van der Waals surface area contributed by atoms with Crippen LogP contribution in [0.3, 0.4) is 0 Å². The van der Waals surface area contributed by atoms with Gasteiger partial charge in [0.2, 0.25) is 0 Å². The van der Waals surface area contributed by atoms with Crippen LogP contribution in [0.1, 0.15) is 0 Å². The number of hydrogen-bond acceptors (Lipinski definition) is 2. The summed E-state index contributed by atoms with van der Waals surface area (Å²) in [6.45, 7) is 0. The average Bonchev–Trinajstić information content (AvgIpc) is 2.74. The lowest BCUT2D eigenvalue weighted by atomic mass is 10.1. The molecule has 5 aromatic rings. The summed E-state index contributed by atoms with van der Waals surface area (Å²) < 4.78 is 0. The highest BCUT2D eigenvalue weighted by Gasteiger charge is 2.08. The highest BCUT2D eigenvalue weighted by molar-refractivity contribution is 6.04. The predicted octanol–water partition coefficient (Wildman–Crippen LogP) is 6.12. The van der Waals surface area contributed by atoms with Crippen LogP contribution in [0.25, 0.3) is 44.3 Å². The van der Waals surface area contributed by atoms with E-state index >= 15 is 0 Å². The van der Waals surface area contributed by atoms with Crippen molar-refractivity contribution in [3.8, 4) is 22.5 Å². The van der Waals surface area contributed by atoms with Gasteiger partial charge in [0, 0.05) is 21.9 Å². The van der Waals surface area contributed by atoms with Gasteiger partial charge < -0.3 is 0 Å². The van der Waals surface area contributed by atoms with Crippen molar-refractivity contribution < 1.29 is 0 Å². The highest BCUT2D eigenvalue weighted by Crippen LogP contribution is 2.28. The zero-order valence-electron chi connectivity index (χ0n) is 14.1. The molecule has 2 heterocycles. The summed E-state index contributed by atoms with van der Waals surface area (Å²) in [5.41, 5.74) is 6.06. The van der Waals surface area contributed by atoms with Crippen LogP contribution in [0, 0.1) is 0 Å². The van der Waals surface area contributed by atoms with E-state index in [9.17, 15) is 0 Å². The number of hydrogen-bond donors (Lipinski definition) is 0. The minimum Gasteiger partial charge on any atom is -0.245 e. The molecule has 0 fully saturated rings. The molecule has 122 valence electrons. The van der Waals surface area contributed by atoms with Crippen molar-refractivity contribution in [1.29, 1.82) is 0 Å². The van der Waals surface area contributed by atoms with Crippen molar-refractivity contribution in [2.75, 3.05) is 0 Å². The van der Waals surface area contributed by atoms with Gasteiger partial charge in [-0.15, -0.1) is 0 Å². The Morgan fingerprint density at radius 1 is 0.385 bits per heavy atom. The van der Waals surface area contributed by atoms with Crippen LogP contribution in [-0.4, -0.2) is 9.97 Å². The molecule has 0 saturated carbocycles. The molecule has 2 aromatic heterocycles. The van der Waals surface area contributed by atoms with Gasteiger partial charge in [-0.3, -0.25) is 0 Å². The molecule has 5 rings (SSSR count). The molecule has 0 N–H and O–H groups in total. The van der Waals surface area contributed by atoms with Crippen molar-refractivity contribution in [2.24, 2.45) is 0 Å². The zero-order chi connectivity index (χ0) is 17.3. The third-order valence-electron chi connectivity index (χ3n) is 4.66. The lowest BCUT2D eigenvalue weighted by Gasteiger charge is -2.08. The molecule has 0 radical (unpaired) electrons. The number of benzene rings is 3. The number of aromatic nitrogens is 2. The summed E-state index contributed by atoms with van der Waals surface area (Å²) in [6, 6.07) is 33.2. The summed E-state index contributed by atoms with van der Waals surface area (Å²) in [5.74, 6) is 0. The summed E-state index contributed by atoms with van der Waals surface area (Å²) in [6.07, 6.45) is 0. The Morgan fingerprint density at radius 3 is 1.19 bits per heavy atom. The number of pyridine rings is 2. The van der Waals surface area contributed by atoms with Crippen molar-refractivity contribution in [1.82, 2.24) is 9.97 Å².